The van der Waals surface area contributed by atoms with Crippen molar-refractivity contribution in [3.63, 3.8) is 0 Å². The molecule has 2 aromatic carbocycles. The molecule has 0 aliphatic rings. The highest BCUT2D eigenvalue weighted by molar-refractivity contribution is 6.31. The summed E-state index contributed by atoms with van der Waals surface area (Å²) in [5.41, 5.74) is 0.969. The lowest BCUT2D eigenvalue weighted by Crippen LogP contribution is -2.35. The van der Waals surface area contributed by atoms with Crippen molar-refractivity contribution in [1.29, 1.82) is 0 Å². The first-order chi connectivity index (χ1) is 11.8. The van der Waals surface area contributed by atoms with Crippen LogP contribution in [0.4, 0.5) is 0 Å². The summed E-state index contributed by atoms with van der Waals surface area (Å²) in [5, 5.41) is 4.01. The molecule has 0 aliphatic heterocycles. The summed E-state index contributed by atoms with van der Waals surface area (Å²) in [6.07, 6.45) is 0.155. The number of esters is 1. The van der Waals surface area contributed by atoms with Crippen LogP contribution in [-0.2, 0) is 4.74 Å². The Bertz CT molecular complexity index is 666. The number of amides is 1. The SMILES string of the molecule is CC(CC(C)OC(=O)c1ccc(Cl)cc1)NC(=O)c1ccc(Cl)cc1. The molecular weight excluding hydrogens is 361 g/mol. The van der Waals surface area contributed by atoms with Gasteiger partial charge in [0.15, 0.2) is 0 Å². The number of nitrogens with one attached hydrogen (secondary N) is 1. The molecule has 0 saturated heterocycles. The lowest BCUT2D eigenvalue weighted by Gasteiger charge is -2.19. The lowest BCUT2D eigenvalue weighted by molar-refractivity contribution is 0.0308. The molecule has 0 aliphatic carbocycles. The Morgan fingerprint density at radius 3 is 1.92 bits per heavy atom. The summed E-state index contributed by atoms with van der Waals surface area (Å²) in [5.74, 6) is -0.610. The van der Waals surface area contributed by atoms with Gasteiger partial charge < -0.3 is 10.1 Å². The molecule has 2 rings (SSSR count). The van der Waals surface area contributed by atoms with E-state index in [1.165, 1.54) is 0 Å². The van der Waals surface area contributed by atoms with Gasteiger partial charge in [-0.2, -0.15) is 0 Å². The standard InChI is InChI=1S/C19H19Cl2NO3/c1-12(22-18(23)14-3-7-16(20)8-4-14)11-13(2)25-19(24)15-5-9-17(21)10-6-15/h3-10,12-13H,11H2,1-2H3,(H,22,23). The molecule has 0 fully saturated rings. The molecule has 0 bridgehead atoms. The number of carbonyl (C=O) groups is 2. The summed E-state index contributed by atoms with van der Waals surface area (Å²) in [4.78, 5) is 24.2. The maximum atomic E-state index is 12.1. The molecule has 2 atom stereocenters. The number of ether oxygens (including phenoxy) is 1. The van der Waals surface area contributed by atoms with Crippen LogP contribution in [0.15, 0.2) is 48.5 Å². The van der Waals surface area contributed by atoms with Gasteiger partial charge in [-0.25, -0.2) is 4.79 Å². The van der Waals surface area contributed by atoms with E-state index < -0.39 is 5.97 Å². The molecule has 1 amide bonds. The van der Waals surface area contributed by atoms with Crippen molar-refractivity contribution in [3.05, 3.63) is 69.7 Å². The van der Waals surface area contributed by atoms with Gasteiger partial charge in [0.1, 0.15) is 6.10 Å². The fourth-order valence-electron chi connectivity index (χ4n) is 2.35. The van der Waals surface area contributed by atoms with Gasteiger partial charge >= 0.3 is 5.97 Å². The van der Waals surface area contributed by atoms with Gasteiger partial charge in [0.05, 0.1) is 5.56 Å². The predicted molar refractivity (Wildman–Crippen MR) is 99.3 cm³/mol. The molecule has 2 aromatic rings. The number of hydrogen-bond donors (Lipinski definition) is 1. The van der Waals surface area contributed by atoms with Crippen molar-refractivity contribution in [1.82, 2.24) is 5.32 Å². The van der Waals surface area contributed by atoms with Gasteiger partial charge in [-0.1, -0.05) is 23.2 Å². The van der Waals surface area contributed by atoms with E-state index in [2.05, 4.69) is 5.32 Å². The molecule has 2 unspecified atom stereocenters. The van der Waals surface area contributed by atoms with Gasteiger partial charge in [-0.15, -0.1) is 0 Å². The minimum atomic E-state index is -0.416. The molecule has 0 heterocycles. The number of benzene rings is 2. The molecule has 132 valence electrons. The smallest absolute Gasteiger partial charge is 0.338 e. The maximum absolute atomic E-state index is 12.1. The van der Waals surface area contributed by atoms with Crippen LogP contribution in [0, 0.1) is 0 Å². The van der Waals surface area contributed by atoms with Crippen LogP contribution in [-0.4, -0.2) is 24.0 Å². The summed E-state index contributed by atoms with van der Waals surface area (Å²) in [6.45, 7) is 3.65. The fourth-order valence-corrected chi connectivity index (χ4v) is 2.60. The predicted octanol–water partition coefficient (Wildman–Crippen LogP) is 4.75. The highest BCUT2D eigenvalue weighted by atomic mass is 35.5. The first-order valence-corrected chi connectivity index (χ1v) is 8.63. The zero-order valence-corrected chi connectivity index (χ0v) is 15.5. The van der Waals surface area contributed by atoms with Gasteiger partial charge in [-0.3, -0.25) is 4.79 Å². The highest BCUT2D eigenvalue weighted by Gasteiger charge is 2.17. The molecule has 1 N–H and O–H groups in total. The Morgan fingerprint density at radius 2 is 1.40 bits per heavy atom. The van der Waals surface area contributed by atoms with Crippen LogP contribution in [0.1, 0.15) is 41.0 Å². The second-order valence-corrected chi connectivity index (χ2v) is 6.71. The molecule has 4 nitrogen and oxygen atoms in total. The van der Waals surface area contributed by atoms with Crippen molar-refractivity contribution in [2.24, 2.45) is 0 Å². The largest absolute Gasteiger partial charge is 0.459 e. The normalized spacial score (nSPS) is 13.0. The summed E-state index contributed by atoms with van der Waals surface area (Å²) >= 11 is 11.6. The number of rotatable bonds is 6. The Balaban J connectivity index is 1.83. The molecule has 0 radical (unpaired) electrons. The minimum absolute atomic E-state index is 0.156. The third-order valence-electron chi connectivity index (χ3n) is 3.56. The Labute approximate surface area is 157 Å². The van der Waals surface area contributed by atoms with Crippen LogP contribution >= 0.6 is 23.2 Å². The van der Waals surface area contributed by atoms with Crippen molar-refractivity contribution in [3.8, 4) is 0 Å². The van der Waals surface area contributed by atoms with E-state index in [4.69, 9.17) is 27.9 Å². The molecule has 0 spiro atoms. The van der Waals surface area contributed by atoms with E-state index in [0.717, 1.165) is 0 Å². The molecule has 25 heavy (non-hydrogen) atoms. The number of carbonyl (C=O) groups excluding carboxylic acids is 2. The Hall–Kier alpha value is -2.04. The fraction of sp³-hybridized carbons (Fsp3) is 0.263. The highest BCUT2D eigenvalue weighted by Crippen LogP contribution is 2.13. The minimum Gasteiger partial charge on any atom is -0.459 e. The topological polar surface area (TPSA) is 55.4 Å². The van der Waals surface area contributed by atoms with Gasteiger partial charge in [0, 0.05) is 28.1 Å². The summed E-state index contributed by atoms with van der Waals surface area (Å²) in [6, 6.07) is 13.0. The van der Waals surface area contributed by atoms with Crippen LogP contribution < -0.4 is 5.32 Å². The Kier molecular flexibility index (Phi) is 6.85. The van der Waals surface area contributed by atoms with Crippen molar-refractivity contribution in [2.75, 3.05) is 0 Å². The maximum Gasteiger partial charge on any atom is 0.338 e. The first kappa shape index (κ1) is 19.3. The third kappa shape index (κ3) is 6.07. The Morgan fingerprint density at radius 1 is 0.920 bits per heavy atom. The van der Waals surface area contributed by atoms with E-state index in [0.29, 0.717) is 27.6 Å². The third-order valence-corrected chi connectivity index (χ3v) is 4.06. The van der Waals surface area contributed by atoms with Crippen molar-refractivity contribution in [2.45, 2.75) is 32.4 Å². The molecule has 6 heteroatoms. The van der Waals surface area contributed by atoms with Gasteiger partial charge in [-0.05, 0) is 62.4 Å². The van der Waals surface area contributed by atoms with Crippen molar-refractivity contribution < 1.29 is 14.3 Å². The molecular formula is C19H19Cl2NO3. The molecule has 0 saturated carbocycles. The van der Waals surface area contributed by atoms with E-state index in [9.17, 15) is 9.59 Å². The average molecular weight is 380 g/mol. The van der Waals surface area contributed by atoms with E-state index in [1.807, 2.05) is 6.92 Å². The summed E-state index contributed by atoms with van der Waals surface area (Å²) < 4.78 is 5.40. The van der Waals surface area contributed by atoms with Crippen LogP contribution in [0.3, 0.4) is 0 Å². The van der Waals surface area contributed by atoms with Gasteiger partial charge in [0.2, 0.25) is 0 Å². The zero-order chi connectivity index (χ0) is 18.4. The second-order valence-electron chi connectivity index (χ2n) is 5.84. The average Bonchev–Trinajstić information content (AvgIpc) is 2.55. The first-order valence-electron chi connectivity index (χ1n) is 7.88. The zero-order valence-electron chi connectivity index (χ0n) is 14.0. The number of halogens is 2. The second kappa shape index (κ2) is 8.88. The van der Waals surface area contributed by atoms with Crippen LogP contribution in [0.5, 0.6) is 0 Å². The van der Waals surface area contributed by atoms with Crippen LogP contribution in [0.2, 0.25) is 10.0 Å². The van der Waals surface area contributed by atoms with E-state index in [-0.39, 0.29) is 18.1 Å². The van der Waals surface area contributed by atoms with Crippen LogP contribution in [0.25, 0.3) is 0 Å². The summed E-state index contributed by atoms with van der Waals surface area (Å²) in [7, 11) is 0. The lowest BCUT2D eigenvalue weighted by atomic mass is 10.1. The number of hydrogen-bond acceptors (Lipinski definition) is 3. The van der Waals surface area contributed by atoms with Crippen molar-refractivity contribution >= 4 is 35.1 Å². The van der Waals surface area contributed by atoms with E-state index in [1.54, 1.807) is 55.5 Å². The monoisotopic (exact) mass is 379 g/mol. The quantitative estimate of drug-likeness (QED) is 0.736. The molecule has 0 aromatic heterocycles. The van der Waals surface area contributed by atoms with E-state index >= 15 is 0 Å². The van der Waals surface area contributed by atoms with Gasteiger partial charge in [0.25, 0.3) is 5.91 Å².